The van der Waals surface area contributed by atoms with E-state index in [1.165, 1.54) is 11.1 Å². The second kappa shape index (κ2) is 6.51. The fraction of sp³-hybridized carbons (Fsp3) is 0.250. The average Bonchev–Trinajstić information content (AvgIpc) is 2.97. The van der Waals surface area contributed by atoms with Gasteiger partial charge in [-0.3, -0.25) is 9.89 Å². The summed E-state index contributed by atoms with van der Waals surface area (Å²) in [5, 5.41) is 6.99. The Kier molecular flexibility index (Phi) is 4.06. The van der Waals surface area contributed by atoms with Gasteiger partial charge in [-0.05, 0) is 43.0 Å². The lowest BCUT2D eigenvalue weighted by molar-refractivity contribution is 0.0763. The van der Waals surface area contributed by atoms with E-state index in [4.69, 9.17) is 0 Å². The molecule has 0 spiro atoms. The zero-order valence-electron chi connectivity index (χ0n) is 14.2. The maximum Gasteiger partial charge on any atom is 0.253 e. The van der Waals surface area contributed by atoms with Crippen molar-refractivity contribution in [3.63, 3.8) is 0 Å². The molecule has 0 bridgehead atoms. The van der Waals surface area contributed by atoms with Crippen LogP contribution in [0, 0.1) is 6.92 Å². The van der Waals surface area contributed by atoms with E-state index in [1.54, 1.807) is 0 Å². The highest BCUT2D eigenvalue weighted by Gasteiger charge is 2.19. The van der Waals surface area contributed by atoms with Crippen molar-refractivity contribution < 1.29 is 4.79 Å². The Morgan fingerprint density at radius 1 is 1.00 bits per heavy atom. The number of nitrogens with one attached hydrogen (secondary N) is 1. The van der Waals surface area contributed by atoms with Gasteiger partial charge in [0, 0.05) is 24.2 Å². The predicted molar refractivity (Wildman–Crippen MR) is 96.3 cm³/mol. The zero-order valence-corrected chi connectivity index (χ0v) is 14.2. The Morgan fingerprint density at radius 2 is 1.64 bits per heavy atom. The Morgan fingerprint density at radius 3 is 2.20 bits per heavy atom. The van der Waals surface area contributed by atoms with Crippen molar-refractivity contribution in [1.82, 2.24) is 20.1 Å². The van der Waals surface area contributed by atoms with Gasteiger partial charge in [-0.15, -0.1) is 0 Å². The van der Waals surface area contributed by atoms with Crippen molar-refractivity contribution in [2.45, 2.75) is 19.8 Å². The molecule has 25 heavy (non-hydrogen) atoms. The molecule has 4 rings (SSSR count). The van der Waals surface area contributed by atoms with Crippen LogP contribution in [0.4, 0.5) is 0 Å². The number of hydrogen-bond acceptors (Lipinski definition) is 3. The number of amides is 1. The molecule has 3 aromatic rings. The van der Waals surface area contributed by atoms with Gasteiger partial charge in [0.15, 0.2) is 5.82 Å². The largest absolute Gasteiger partial charge is 0.338 e. The standard InChI is InChI=1S/C20H20N4O/c1-14-21-19(23-22-14)17-6-8-18(9-7-17)20(25)24-12-10-15-4-2-3-5-16(15)11-13-24/h2-9H,10-13H2,1H3,(H,21,22,23). The van der Waals surface area contributed by atoms with Crippen molar-refractivity contribution in [1.29, 1.82) is 0 Å². The van der Waals surface area contributed by atoms with Crippen LogP contribution in [0.1, 0.15) is 27.3 Å². The second-order valence-electron chi connectivity index (χ2n) is 6.38. The number of H-pyrrole nitrogens is 1. The maximum absolute atomic E-state index is 12.8. The molecule has 0 atom stereocenters. The van der Waals surface area contributed by atoms with Crippen LogP contribution in [0.2, 0.25) is 0 Å². The van der Waals surface area contributed by atoms with E-state index in [0.29, 0.717) is 11.4 Å². The number of fused-ring (bicyclic) bond motifs is 1. The highest BCUT2D eigenvalue weighted by Crippen LogP contribution is 2.19. The molecule has 1 aliphatic heterocycles. The molecule has 1 aromatic heterocycles. The number of aryl methyl sites for hydroxylation is 1. The molecule has 5 nitrogen and oxygen atoms in total. The fourth-order valence-electron chi connectivity index (χ4n) is 3.29. The number of carbonyl (C=O) groups is 1. The first-order valence-corrected chi connectivity index (χ1v) is 8.56. The van der Waals surface area contributed by atoms with Crippen molar-refractivity contribution in [2.24, 2.45) is 0 Å². The van der Waals surface area contributed by atoms with E-state index in [-0.39, 0.29) is 5.91 Å². The molecule has 0 fully saturated rings. The summed E-state index contributed by atoms with van der Waals surface area (Å²) in [6, 6.07) is 16.0. The average molecular weight is 332 g/mol. The van der Waals surface area contributed by atoms with Gasteiger partial charge < -0.3 is 4.90 Å². The summed E-state index contributed by atoms with van der Waals surface area (Å²) >= 11 is 0. The molecular weight excluding hydrogens is 312 g/mol. The Hall–Kier alpha value is -2.95. The van der Waals surface area contributed by atoms with Gasteiger partial charge in [0.2, 0.25) is 0 Å². The number of aromatic nitrogens is 3. The summed E-state index contributed by atoms with van der Waals surface area (Å²) in [7, 11) is 0. The fourth-order valence-corrected chi connectivity index (χ4v) is 3.29. The van der Waals surface area contributed by atoms with Gasteiger partial charge in [-0.25, -0.2) is 4.98 Å². The lowest BCUT2D eigenvalue weighted by atomic mass is 10.0. The third kappa shape index (κ3) is 3.18. The number of carbonyl (C=O) groups excluding carboxylic acids is 1. The first-order chi connectivity index (χ1) is 12.2. The number of rotatable bonds is 2. The minimum Gasteiger partial charge on any atom is -0.338 e. The molecule has 0 saturated heterocycles. The highest BCUT2D eigenvalue weighted by molar-refractivity contribution is 5.94. The molecule has 1 aliphatic rings. The van der Waals surface area contributed by atoms with Crippen molar-refractivity contribution >= 4 is 5.91 Å². The topological polar surface area (TPSA) is 61.9 Å². The van der Waals surface area contributed by atoms with E-state index < -0.39 is 0 Å². The monoisotopic (exact) mass is 332 g/mol. The molecule has 2 heterocycles. The van der Waals surface area contributed by atoms with Crippen LogP contribution in [-0.2, 0) is 12.8 Å². The van der Waals surface area contributed by atoms with Crippen molar-refractivity contribution in [2.75, 3.05) is 13.1 Å². The normalized spacial score (nSPS) is 14.0. The molecule has 0 unspecified atom stereocenters. The van der Waals surface area contributed by atoms with Gasteiger partial charge in [0.1, 0.15) is 5.82 Å². The summed E-state index contributed by atoms with van der Waals surface area (Å²) in [5.41, 5.74) is 4.33. The van der Waals surface area contributed by atoms with Gasteiger partial charge in [-0.1, -0.05) is 36.4 Å². The number of benzene rings is 2. The molecule has 5 heteroatoms. The molecule has 0 radical (unpaired) electrons. The van der Waals surface area contributed by atoms with Crippen LogP contribution in [0.3, 0.4) is 0 Å². The van der Waals surface area contributed by atoms with E-state index >= 15 is 0 Å². The first kappa shape index (κ1) is 15.6. The molecule has 126 valence electrons. The van der Waals surface area contributed by atoms with E-state index in [9.17, 15) is 4.79 Å². The van der Waals surface area contributed by atoms with Gasteiger partial charge in [-0.2, -0.15) is 5.10 Å². The lowest BCUT2D eigenvalue weighted by Crippen LogP contribution is -2.33. The predicted octanol–water partition coefficient (Wildman–Crippen LogP) is 3.02. The van der Waals surface area contributed by atoms with Gasteiger partial charge in [0.25, 0.3) is 5.91 Å². The van der Waals surface area contributed by atoms with Gasteiger partial charge >= 0.3 is 0 Å². The first-order valence-electron chi connectivity index (χ1n) is 8.56. The minimum atomic E-state index is 0.0884. The minimum absolute atomic E-state index is 0.0884. The third-order valence-corrected chi connectivity index (χ3v) is 4.69. The Balaban J connectivity index is 1.49. The van der Waals surface area contributed by atoms with Crippen LogP contribution in [0.25, 0.3) is 11.4 Å². The van der Waals surface area contributed by atoms with Crippen LogP contribution in [0.5, 0.6) is 0 Å². The summed E-state index contributed by atoms with van der Waals surface area (Å²) < 4.78 is 0. The van der Waals surface area contributed by atoms with Crippen molar-refractivity contribution in [3.05, 3.63) is 71.0 Å². The lowest BCUT2D eigenvalue weighted by Gasteiger charge is -2.20. The van der Waals surface area contributed by atoms with E-state index in [0.717, 1.165) is 37.3 Å². The maximum atomic E-state index is 12.8. The van der Waals surface area contributed by atoms with Gasteiger partial charge in [0.05, 0.1) is 0 Å². The smallest absolute Gasteiger partial charge is 0.253 e. The van der Waals surface area contributed by atoms with E-state index in [2.05, 4.69) is 39.4 Å². The van der Waals surface area contributed by atoms with E-state index in [1.807, 2.05) is 36.1 Å². The summed E-state index contributed by atoms with van der Waals surface area (Å²) in [6.45, 7) is 3.39. The number of hydrogen-bond donors (Lipinski definition) is 1. The Labute approximate surface area is 146 Å². The van der Waals surface area contributed by atoms with Crippen LogP contribution in [0.15, 0.2) is 48.5 Å². The van der Waals surface area contributed by atoms with Crippen LogP contribution < -0.4 is 0 Å². The quantitative estimate of drug-likeness (QED) is 0.785. The van der Waals surface area contributed by atoms with Crippen LogP contribution in [-0.4, -0.2) is 39.1 Å². The molecule has 0 aliphatic carbocycles. The molecule has 1 N–H and O–H groups in total. The Bertz CT molecular complexity index is 871. The molecule has 2 aromatic carbocycles. The number of nitrogens with zero attached hydrogens (tertiary/aromatic N) is 3. The molecule has 1 amide bonds. The summed E-state index contributed by atoms with van der Waals surface area (Å²) in [4.78, 5) is 19.1. The molecule has 0 saturated carbocycles. The van der Waals surface area contributed by atoms with Crippen LogP contribution >= 0.6 is 0 Å². The SMILES string of the molecule is Cc1nc(-c2ccc(C(=O)N3CCc4ccccc4CC3)cc2)n[nH]1. The summed E-state index contributed by atoms with van der Waals surface area (Å²) in [6.07, 6.45) is 1.83. The number of aromatic amines is 1. The zero-order chi connectivity index (χ0) is 17.2. The highest BCUT2D eigenvalue weighted by atomic mass is 16.2. The second-order valence-corrected chi connectivity index (χ2v) is 6.38. The third-order valence-electron chi connectivity index (χ3n) is 4.69. The van der Waals surface area contributed by atoms with Crippen molar-refractivity contribution in [3.8, 4) is 11.4 Å². The molecular formula is C20H20N4O. The summed E-state index contributed by atoms with van der Waals surface area (Å²) in [5.74, 6) is 1.52.